The zero-order valence-corrected chi connectivity index (χ0v) is 11.7. The fourth-order valence-corrected chi connectivity index (χ4v) is 1.77. The van der Waals surface area contributed by atoms with Crippen LogP contribution in [-0.4, -0.2) is 36.7 Å². The van der Waals surface area contributed by atoms with Crippen LogP contribution in [-0.2, 0) is 16.0 Å². The van der Waals surface area contributed by atoms with Crippen molar-refractivity contribution in [2.24, 2.45) is 0 Å². The maximum absolute atomic E-state index is 11.7. The predicted octanol–water partition coefficient (Wildman–Crippen LogP) is 1.86. The zero-order chi connectivity index (χ0) is 14.8. The van der Waals surface area contributed by atoms with E-state index >= 15 is 0 Å². The van der Waals surface area contributed by atoms with E-state index in [1.807, 2.05) is 6.92 Å². The quantitative estimate of drug-likeness (QED) is 0.677. The van der Waals surface area contributed by atoms with Crippen LogP contribution in [0.25, 0.3) is 0 Å². The summed E-state index contributed by atoms with van der Waals surface area (Å²) in [6, 6.07) is 6.54. The molecule has 0 atom stereocenters. The van der Waals surface area contributed by atoms with Crippen LogP contribution in [0.15, 0.2) is 24.3 Å². The third-order valence-electron chi connectivity index (χ3n) is 2.73. The lowest BCUT2D eigenvalue weighted by atomic mass is 10.0. The molecule has 0 radical (unpaired) electrons. The number of carboxylic acid groups (broad SMARTS) is 1. The highest BCUT2D eigenvalue weighted by Crippen LogP contribution is 2.09. The molecule has 1 aromatic carbocycles. The van der Waals surface area contributed by atoms with E-state index in [2.05, 4.69) is 5.32 Å². The molecule has 0 aliphatic rings. The van der Waals surface area contributed by atoms with Crippen molar-refractivity contribution < 1.29 is 19.4 Å². The lowest BCUT2D eigenvalue weighted by Gasteiger charge is -2.07. The van der Waals surface area contributed by atoms with E-state index in [9.17, 15) is 9.59 Å². The van der Waals surface area contributed by atoms with Gasteiger partial charge in [0.1, 0.15) is 0 Å². The lowest BCUT2D eigenvalue weighted by Crippen LogP contribution is -2.27. The van der Waals surface area contributed by atoms with Crippen LogP contribution in [0.5, 0.6) is 0 Å². The number of benzene rings is 1. The Kier molecular flexibility index (Phi) is 7.35. The van der Waals surface area contributed by atoms with E-state index in [1.165, 1.54) is 6.07 Å². The van der Waals surface area contributed by atoms with E-state index in [-0.39, 0.29) is 17.9 Å². The molecule has 0 saturated carbocycles. The Morgan fingerprint density at radius 2 is 2.00 bits per heavy atom. The van der Waals surface area contributed by atoms with E-state index < -0.39 is 5.97 Å². The number of amides is 1. The van der Waals surface area contributed by atoms with Gasteiger partial charge in [0.25, 0.3) is 0 Å². The van der Waals surface area contributed by atoms with E-state index in [4.69, 9.17) is 9.84 Å². The fourth-order valence-electron chi connectivity index (χ4n) is 1.77. The smallest absolute Gasteiger partial charge is 0.335 e. The number of carbonyl (C=O) groups excluding carboxylic acids is 1. The summed E-state index contributed by atoms with van der Waals surface area (Å²) < 4.78 is 5.30. The Balaban J connectivity index is 2.34. The standard InChI is InChI=1S/C15H21NO4/c1-2-9-20-10-5-8-16-14(17)11-12-6-3-4-7-13(12)15(18)19/h3-4,6-7H,2,5,8-11H2,1H3,(H,16,17)(H,18,19). The summed E-state index contributed by atoms with van der Waals surface area (Å²) in [5.41, 5.74) is 0.702. The lowest BCUT2D eigenvalue weighted by molar-refractivity contribution is -0.120. The number of nitrogens with one attached hydrogen (secondary N) is 1. The molecule has 0 bridgehead atoms. The van der Waals surface area contributed by atoms with Gasteiger partial charge in [-0.1, -0.05) is 25.1 Å². The summed E-state index contributed by atoms with van der Waals surface area (Å²) in [4.78, 5) is 22.7. The zero-order valence-electron chi connectivity index (χ0n) is 11.7. The molecule has 20 heavy (non-hydrogen) atoms. The molecule has 0 aliphatic carbocycles. The molecule has 5 nitrogen and oxygen atoms in total. The van der Waals surface area contributed by atoms with Crippen molar-refractivity contribution in [2.75, 3.05) is 19.8 Å². The molecule has 110 valence electrons. The number of hydrogen-bond donors (Lipinski definition) is 2. The molecule has 1 rings (SSSR count). The maximum Gasteiger partial charge on any atom is 0.335 e. The topological polar surface area (TPSA) is 75.6 Å². The van der Waals surface area contributed by atoms with Gasteiger partial charge >= 0.3 is 5.97 Å². The van der Waals surface area contributed by atoms with Crippen molar-refractivity contribution >= 4 is 11.9 Å². The number of carboxylic acids is 1. The highest BCUT2D eigenvalue weighted by Gasteiger charge is 2.11. The summed E-state index contributed by atoms with van der Waals surface area (Å²) in [7, 11) is 0. The first-order chi connectivity index (χ1) is 9.65. The number of aromatic carboxylic acids is 1. The molecule has 0 aliphatic heterocycles. The Morgan fingerprint density at radius 1 is 1.25 bits per heavy atom. The summed E-state index contributed by atoms with van der Waals surface area (Å²) in [6.07, 6.45) is 1.82. The Morgan fingerprint density at radius 3 is 2.70 bits per heavy atom. The summed E-state index contributed by atoms with van der Waals surface area (Å²) in [5.74, 6) is -1.18. The van der Waals surface area contributed by atoms with Gasteiger partial charge in [0.05, 0.1) is 12.0 Å². The van der Waals surface area contributed by atoms with Gasteiger partial charge in [-0.05, 0) is 24.5 Å². The molecule has 0 saturated heterocycles. The highest BCUT2D eigenvalue weighted by atomic mass is 16.5. The maximum atomic E-state index is 11.7. The Labute approximate surface area is 118 Å². The van der Waals surface area contributed by atoms with Gasteiger partial charge in [-0.25, -0.2) is 4.79 Å². The van der Waals surface area contributed by atoms with Crippen LogP contribution in [0.3, 0.4) is 0 Å². The Hall–Kier alpha value is -1.88. The van der Waals surface area contributed by atoms with Gasteiger partial charge < -0.3 is 15.2 Å². The number of rotatable bonds is 9. The second-order valence-electron chi connectivity index (χ2n) is 4.45. The molecule has 2 N–H and O–H groups in total. The first-order valence-corrected chi connectivity index (χ1v) is 6.80. The molecule has 5 heteroatoms. The Bertz CT molecular complexity index is 445. The molecule has 1 amide bonds. The third-order valence-corrected chi connectivity index (χ3v) is 2.73. The summed E-state index contributed by atoms with van der Waals surface area (Å²) in [5, 5.41) is 11.8. The summed E-state index contributed by atoms with van der Waals surface area (Å²) >= 11 is 0. The molecule has 0 heterocycles. The predicted molar refractivity (Wildman–Crippen MR) is 75.8 cm³/mol. The minimum absolute atomic E-state index is 0.0816. The van der Waals surface area contributed by atoms with Gasteiger partial charge in [-0.15, -0.1) is 0 Å². The molecule has 1 aromatic rings. The van der Waals surface area contributed by atoms with Crippen molar-refractivity contribution in [2.45, 2.75) is 26.2 Å². The first kappa shape index (κ1) is 16.2. The van der Waals surface area contributed by atoms with E-state index in [0.717, 1.165) is 19.4 Å². The molecule has 0 unspecified atom stereocenters. The minimum atomic E-state index is -1.01. The van der Waals surface area contributed by atoms with Crippen molar-refractivity contribution in [1.29, 1.82) is 0 Å². The normalized spacial score (nSPS) is 10.2. The van der Waals surface area contributed by atoms with Crippen LogP contribution in [0.4, 0.5) is 0 Å². The van der Waals surface area contributed by atoms with Crippen LogP contribution >= 0.6 is 0 Å². The highest BCUT2D eigenvalue weighted by molar-refractivity contribution is 5.91. The molecule has 0 fully saturated rings. The van der Waals surface area contributed by atoms with Gasteiger partial charge in [0.2, 0.25) is 5.91 Å². The number of hydrogen-bond acceptors (Lipinski definition) is 3. The number of ether oxygens (including phenoxy) is 1. The SMILES string of the molecule is CCCOCCCNC(=O)Cc1ccccc1C(=O)O. The van der Waals surface area contributed by atoms with Gasteiger partial charge in [-0.2, -0.15) is 0 Å². The van der Waals surface area contributed by atoms with Gasteiger partial charge in [-0.3, -0.25) is 4.79 Å². The van der Waals surface area contributed by atoms with Crippen LogP contribution in [0.2, 0.25) is 0 Å². The summed E-state index contributed by atoms with van der Waals surface area (Å²) in [6.45, 7) is 3.94. The van der Waals surface area contributed by atoms with Crippen LogP contribution in [0, 0.1) is 0 Å². The van der Waals surface area contributed by atoms with Crippen molar-refractivity contribution in [3.8, 4) is 0 Å². The molecular weight excluding hydrogens is 258 g/mol. The first-order valence-electron chi connectivity index (χ1n) is 6.80. The van der Waals surface area contributed by atoms with Crippen molar-refractivity contribution in [3.63, 3.8) is 0 Å². The van der Waals surface area contributed by atoms with E-state index in [0.29, 0.717) is 18.7 Å². The van der Waals surface area contributed by atoms with Crippen molar-refractivity contribution in [3.05, 3.63) is 35.4 Å². The molecule has 0 aromatic heterocycles. The minimum Gasteiger partial charge on any atom is -0.478 e. The van der Waals surface area contributed by atoms with Gasteiger partial charge in [0, 0.05) is 19.8 Å². The average molecular weight is 279 g/mol. The van der Waals surface area contributed by atoms with Crippen molar-refractivity contribution in [1.82, 2.24) is 5.32 Å². The average Bonchev–Trinajstić information content (AvgIpc) is 2.43. The second kappa shape index (κ2) is 9.09. The largest absolute Gasteiger partial charge is 0.478 e. The second-order valence-corrected chi connectivity index (χ2v) is 4.45. The van der Waals surface area contributed by atoms with E-state index in [1.54, 1.807) is 18.2 Å². The number of carbonyl (C=O) groups is 2. The fraction of sp³-hybridized carbons (Fsp3) is 0.467. The van der Waals surface area contributed by atoms with Crippen LogP contribution in [0.1, 0.15) is 35.7 Å². The third kappa shape index (κ3) is 5.84. The monoisotopic (exact) mass is 279 g/mol. The molecule has 0 spiro atoms. The van der Waals surface area contributed by atoms with Gasteiger partial charge in [0.15, 0.2) is 0 Å². The van der Waals surface area contributed by atoms with Crippen LogP contribution < -0.4 is 5.32 Å². The molecular formula is C15H21NO4.